The highest BCUT2D eigenvalue weighted by molar-refractivity contribution is 5.81. The van der Waals surface area contributed by atoms with E-state index in [2.05, 4.69) is 5.32 Å². The normalized spacial score (nSPS) is 11.4. The second kappa shape index (κ2) is 7.69. The first-order valence-corrected chi connectivity index (χ1v) is 5.51. The van der Waals surface area contributed by atoms with Crippen molar-refractivity contribution in [2.45, 2.75) is 27.2 Å². The van der Waals surface area contributed by atoms with Crippen molar-refractivity contribution in [1.29, 1.82) is 5.26 Å². The molecule has 16 heavy (non-hydrogen) atoms. The molecule has 0 fully saturated rings. The Morgan fingerprint density at radius 1 is 1.38 bits per heavy atom. The maximum Gasteiger partial charge on any atom is 0.237 e. The molecule has 90 valence electrons. The molecule has 0 aliphatic heterocycles. The zero-order chi connectivity index (χ0) is 12.6. The van der Waals surface area contributed by atoms with Gasteiger partial charge in [-0.2, -0.15) is 5.26 Å². The predicted molar refractivity (Wildman–Crippen MR) is 60.3 cm³/mol. The molecule has 0 saturated heterocycles. The van der Waals surface area contributed by atoms with E-state index in [0.29, 0.717) is 19.6 Å². The third kappa shape index (κ3) is 4.78. The number of nitriles is 1. The van der Waals surface area contributed by atoms with Crippen LogP contribution in [0.15, 0.2) is 0 Å². The van der Waals surface area contributed by atoms with Crippen LogP contribution >= 0.6 is 0 Å². The molecule has 0 radical (unpaired) electrons. The summed E-state index contributed by atoms with van der Waals surface area (Å²) in [6.45, 7) is 7.01. The summed E-state index contributed by atoms with van der Waals surface area (Å²) in [4.78, 5) is 24.5. The summed E-state index contributed by atoms with van der Waals surface area (Å²) < 4.78 is 0. The van der Waals surface area contributed by atoms with E-state index in [1.54, 1.807) is 4.90 Å². The Balaban J connectivity index is 3.87. The SMILES string of the molecule is CCN(CC)C(=O)CCNC(=O)C(C)C#N. The summed E-state index contributed by atoms with van der Waals surface area (Å²) in [5, 5.41) is 11.1. The Kier molecular flexibility index (Phi) is 6.93. The summed E-state index contributed by atoms with van der Waals surface area (Å²) in [6.07, 6.45) is 0.283. The van der Waals surface area contributed by atoms with Crippen molar-refractivity contribution in [2.24, 2.45) is 5.92 Å². The van der Waals surface area contributed by atoms with Crippen LogP contribution in [0.3, 0.4) is 0 Å². The van der Waals surface area contributed by atoms with Gasteiger partial charge < -0.3 is 10.2 Å². The van der Waals surface area contributed by atoms with Gasteiger partial charge in [-0.25, -0.2) is 0 Å². The number of carbonyl (C=O) groups excluding carboxylic acids is 2. The van der Waals surface area contributed by atoms with Crippen LogP contribution in [0, 0.1) is 17.2 Å². The molecule has 1 unspecified atom stereocenters. The van der Waals surface area contributed by atoms with Gasteiger partial charge in [0.15, 0.2) is 0 Å². The van der Waals surface area contributed by atoms with E-state index in [1.807, 2.05) is 19.9 Å². The topological polar surface area (TPSA) is 73.2 Å². The van der Waals surface area contributed by atoms with Crippen LogP contribution in [0.25, 0.3) is 0 Å². The minimum atomic E-state index is -0.663. The molecule has 0 saturated carbocycles. The van der Waals surface area contributed by atoms with E-state index in [0.717, 1.165) is 0 Å². The largest absolute Gasteiger partial charge is 0.354 e. The third-order valence-corrected chi connectivity index (χ3v) is 2.34. The number of nitrogens with zero attached hydrogens (tertiary/aromatic N) is 2. The van der Waals surface area contributed by atoms with Crippen LogP contribution in [0.2, 0.25) is 0 Å². The summed E-state index contributed by atoms with van der Waals surface area (Å²) >= 11 is 0. The van der Waals surface area contributed by atoms with Gasteiger partial charge in [-0.15, -0.1) is 0 Å². The molecule has 5 heteroatoms. The molecule has 0 aliphatic carbocycles. The maximum atomic E-state index is 11.5. The smallest absolute Gasteiger partial charge is 0.237 e. The third-order valence-electron chi connectivity index (χ3n) is 2.34. The summed E-state index contributed by atoms with van der Waals surface area (Å²) in [5.41, 5.74) is 0. The van der Waals surface area contributed by atoms with Crippen molar-refractivity contribution in [3.8, 4) is 6.07 Å². The molecule has 0 aliphatic rings. The highest BCUT2D eigenvalue weighted by Crippen LogP contribution is 1.94. The molecule has 0 bridgehead atoms. The Bertz CT molecular complexity index is 279. The van der Waals surface area contributed by atoms with Crippen LogP contribution in [0.4, 0.5) is 0 Å². The zero-order valence-electron chi connectivity index (χ0n) is 10.1. The number of nitrogens with one attached hydrogen (secondary N) is 1. The number of rotatable bonds is 6. The first kappa shape index (κ1) is 14.4. The van der Waals surface area contributed by atoms with Gasteiger partial charge in [0.1, 0.15) is 5.92 Å². The first-order valence-electron chi connectivity index (χ1n) is 5.51. The molecule has 1 atom stereocenters. The summed E-state index contributed by atoms with van der Waals surface area (Å²) in [7, 11) is 0. The lowest BCUT2D eigenvalue weighted by Gasteiger charge is -2.18. The molecule has 0 rings (SSSR count). The van der Waals surface area contributed by atoms with E-state index >= 15 is 0 Å². The van der Waals surface area contributed by atoms with Gasteiger partial charge in [-0.05, 0) is 20.8 Å². The molecule has 2 amide bonds. The van der Waals surface area contributed by atoms with Crippen LogP contribution in [0.1, 0.15) is 27.2 Å². The van der Waals surface area contributed by atoms with Gasteiger partial charge in [0.2, 0.25) is 11.8 Å². The quantitative estimate of drug-likeness (QED) is 0.716. The number of hydrogen-bond acceptors (Lipinski definition) is 3. The van der Waals surface area contributed by atoms with E-state index < -0.39 is 5.92 Å². The molecular formula is C11H19N3O2. The number of amides is 2. The lowest BCUT2D eigenvalue weighted by molar-refractivity contribution is -0.130. The van der Waals surface area contributed by atoms with Crippen LogP contribution in [-0.2, 0) is 9.59 Å². The minimum absolute atomic E-state index is 0.0231. The molecular weight excluding hydrogens is 206 g/mol. The van der Waals surface area contributed by atoms with Gasteiger partial charge in [-0.3, -0.25) is 9.59 Å². The van der Waals surface area contributed by atoms with Gasteiger partial charge in [0.25, 0.3) is 0 Å². The molecule has 0 spiro atoms. The molecule has 0 aromatic carbocycles. The monoisotopic (exact) mass is 225 g/mol. The summed E-state index contributed by atoms with van der Waals surface area (Å²) in [5.74, 6) is -0.965. The van der Waals surface area contributed by atoms with Crippen molar-refractivity contribution in [2.75, 3.05) is 19.6 Å². The second-order valence-corrected chi connectivity index (χ2v) is 3.46. The van der Waals surface area contributed by atoms with E-state index in [4.69, 9.17) is 5.26 Å². The van der Waals surface area contributed by atoms with Gasteiger partial charge in [-0.1, -0.05) is 0 Å². The molecule has 0 aromatic rings. The lowest BCUT2D eigenvalue weighted by atomic mass is 10.2. The second-order valence-electron chi connectivity index (χ2n) is 3.46. The number of carbonyl (C=O) groups is 2. The molecule has 5 nitrogen and oxygen atoms in total. The first-order chi connectivity index (χ1) is 7.56. The number of hydrogen-bond donors (Lipinski definition) is 1. The Morgan fingerprint density at radius 3 is 2.38 bits per heavy atom. The highest BCUT2D eigenvalue weighted by Gasteiger charge is 2.13. The van der Waals surface area contributed by atoms with Crippen molar-refractivity contribution in [1.82, 2.24) is 10.2 Å². The lowest BCUT2D eigenvalue weighted by Crippen LogP contribution is -2.35. The van der Waals surface area contributed by atoms with E-state index in [-0.39, 0.29) is 18.2 Å². The van der Waals surface area contributed by atoms with E-state index in [9.17, 15) is 9.59 Å². The van der Waals surface area contributed by atoms with E-state index in [1.165, 1.54) is 6.92 Å². The van der Waals surface area contributed by atoms with Crippen molar-refractivity contribution < 1.29 is 9.59 Å². The fourth-order valence-electron chi connectivity index (χ4n) is 1.24. The van der Waals surface area contributed by atoms with Crippen LogP contribution < -0.4 is 5.32 Å². The summed E-state index contributed by atoms with van der Waals surface area (Å²) in [6, 6.07) is 1.84. The average Bonchev–Trinajstić information content (AvgIpc) is 2.29. The fourth-order valence-corrected chi connectivity index (χ4v) is 1.24. The molecule has 1 N–H and O–H groups in total. The standard InChI is InChI=1S/C11H19N3O2/c1-4-14(5-2)10(15)6-7-13-11(16)9(3)8-12/h9H,4-7H2,1-3H3,(H,13,16). The predicted octanol–water partition coefficient (Wildman–Crippen LogP) is 0.521. The van der Waals surface area contributed by atoms with Gasteiger partial charge >= 0.3 is 0 Å². The van der Waals surface area contributed by atoms with Crippen LogP contribution in [0.5, 0.6) is 0 Å². The minimum Gasteiger partial charge on any atom is -0.354 e. The fraction of sp³-hybridized carbons (Fsp3) is 0.727. The van der Waals surface area contributed by atoms with Crippen molar-refractivity contribution in [3.63, 3.8) is 0 Å². The van der Waals surface area contributed by atoms with Crippen molar-refractivity contribution in [3.05, 3.63) is 0 Å². The van der Waals surface area contributed by atoms with Crippen molar-refractivity contribution >= 4 is 11.8 Å². The van der Waals surface area contributed by atoms with Gasteiger partial charge in [0.05, 0.1) is 6.07 Å². The zero-order valence-corrected chi connectivity index (χ0v) is 10.1. The Morgan fingerprint density at radius 2 is 1.94 bits per heavy atom. The maximum absolute atomic E-state index is 11.5. The van der Waals surface area contributed by atoms with Gasteiger partial charge in [0, 0.05) is 26.1 Å². The molecule has 0 heterocycles. The van der Waals surface area contributed by atoms with Crippen LogP contribution in [-0.4, -0.2) is 36.3 Å². The Labute approximate surface area is 96.4 Å². The average molecular weight is 225 g/mol. The highest BCUT2D eigenvalue weighted by atomic mass is 16.2. The molecule has 0 aromatic heterocycles. The Hall–Kier alpha value is -1.57.